The van der Waals surface area contributed by atoms with Gasteiger partial charge in [-0.15, -0.1) is 0 Å². The van der Waals surface area contributed by atoms with Crippen LogP contribution in [0, 0.1) is 12.7 Å². The standard InChI is InChI=1S/C13H16FN3O2/c1-8(15-3)10-4-5-12(11(14)6-10)18-7-13-16-9(2)19-17-13/h4-6,8,15H,7H2,1-3H3. The number of aromatic nitrogens is 2. The zero-order valence-corrected chi connectivity index (χ0v) is 11.1. The highest BCUT2D eigenvalue weighted by molar-refractivity contribution is 5.30. The van der Waals surface area contributed by atoms with E-state index in [-0.39, 0.29) is 18.4 Å². The Morgan fingerprint density at radius 3 is 2.84 bits per heavy atom. The van der Waals surface area contributed by atoms with Crippen molar-refractivity contribution in [2.24, 2.45) is 0 Å². The second-order valence-corrected chi connectivity index (χ2v) is 4.22. The van der Waals surface area contributed by atoms with Gasteiger partial charge in [0.05, 0.1) is 0 Å². The van der Waals surface area contributed by atoms with E-state index in [1.54, 1.807) is 13.0 Å². The van der Waals surface area contributed by atoms with Crippen LogP contribution in [-0.2, 0) is 6.61 Å². The number of rotatable bonds is 5. The third-order valence-corrected chi connectivity index (χ3v) is 2.82. The van der Waals surface area contributed by atoms with Crippen LogP contribution in [0.15, 0.2) is 22.7 Å². The molecule has 1 heterocycles. The van der Waals surface area contributed by atoms with E-state index >= 15 is 0 Å². The van der Waals surface area contributed by atoms with E-state index in [0.29, 0.717) is 11.7 Å². The van der Waals surface area contributed by atoms with Crippen LogP contribution in [-0.4, -0.2) is 17.2 Å². The monoisotopic (exact) mass is 265 g/mol. The number of hydrogen-bond acceptors (Lipinski definition) is 5. The fourth-order valence-electron chi connectivity index (χ4n) is 1.61. The van der Waals surface area contributed by atoms with Gasteiger partial charge in [-0.1, -0.05) is 11.2 Å². The van der Waals surface area contributed by atoms with Crippen molar-refractivity contribution in [1.29, 1.82) is 0 Å². The molecule has 2 rings (SSSR count). The maximum Gasteiger partial charge on any atom is 0.223 e. The molecule has 1 aromatic carbocycles. The minimum Gasteiger partial charge on any atom is -0.482 e. The van der Waals surface area contributed by atoms with Crippen LogP contribution in [0.5, 0.6) is 5.75 Å². The Labute approximate surface area is 110 Å². The highest BCUT2D eigenvalue weighted by Crippen LogP contribution is 2.22. The second-order valence-electron chi connectivity index (χ2n) is 4.22. The summed E-state index contributed by atoms with van der Waals surface area (Å²) in [5.41, 5.74) is 0.864. The van der Waals surface area contributed by atoms with Gasteiger partial charge in [0.1, 0.15) is 0 Å². The topological polar surface area (TPSA) is 60.2 Å². The summed E-state index contributed by atoms with van der Waals surface area (Å²) in [6.07, 6.45) is 0. The second kappa shape index (κ2) is 5.79. The molecule has 0 aliphatic heterocycles. The van der Waals surface area contributed by atoms with Crippen molar-refractivity contribution in [3.05, 3.63) is 41.3 Å². The number of nitrogens with zero attached hydrogens (tertiary/aromatic N) is 2. The summed E-state index contributed by atoms with van der Waals surface area (Å²) >= 11 is 0. The Balaban J connectivity index is 2.05. The number of ether oxygens (including phenoxy) is 1. The van der Waals surface area contributed by atoms with Gasteiger partial charge in [0, 0.05) is 13.0 Å². The molecule has 0 amide bonds. The van der Waals surface area contributed by atoms with Crippen LogP contribution < -0.4 is 10.1 Å². The predicted octanol–water partition coefficient (Wildman–Crippen LogP) is 2.38. The van der Waals surface area contributed by atoms with Crippen molar-refractivity contribution in [1.82, 2.24) is 15.5 Å². The molecule has 2 aromatic rings. The van der Waals surface area contributed by atoms with Crippen LogP contribution >= 0.6 is 0 Å². The first-order chi connectivity index (χ1) is 9.10. The first kappa shape index (κ1) is 13.5. The molecule has 1 aromatic heterocycles. The molecule has 1 unspecified atom stereocenters. The normalized spacial score (nSPS) is 12.4. The molecular formula is C13H16FN3O2. The summed E-state index contributed by atoms with van der Waals surface area (Å²) in [4.78, 5) is 3.98. The molecule has 0 saturated heterocycles. The molecule has 0 fully saturated rings. The van der Waals surface area contributed by atoms with Crippen LogP contribution in [0.25, 0.3) is 0 Å². The van der Waals surface area contributed by atoms with E-state index in [2.05, 4.69) is 15.5 Å². The van der Waals surface area contributed by atoms with Gasteiger partial charge in [-0.3, -0.25) is 0 Å². The number of halogens is 1. The summed E-state index contributed by atoms with van der Waals surface area (Å²) in [6, 6.07) is 4.97. The third-order valence-electron chi connectivity index (χ3n) is 2.82. The highest BCUT2D eigenvalue weighted by atomic mass is 19.1. The molecule has 19 heavy (non-hydrogen) atoms. The minimum atomic E-state index is -0.403. The lowest BCUT2D eigenvalue weighted by atomic mass is 10.1. The van der Waals surface area contributed by atoms with Gasteiger partial charge in [-0.25, -0.2) is 4.39 Å². The van der Waals surface area contributed by atoms with Gasteiger partial charge in [0.2, 0.25) is 11.7 Å². The zero-order chi connectivity index (χ0) is 13.8. The molecule has 5 nitrogen and oxygen atoms in total. The molecule has 0 saturated carbocycles. The van der Waals surface area contributed by atoms with Gasteiger partial charge in [0.25, 0.3) is 0 Å². The number of nitrogens with one attached hydrogen (secondary N) is 1. The van der Waals surface area contributed by atoms with Gasteiger partial charge in [-0.05, 0) is 31.7 Å². The number of benzene rings is 1. The quantitative estimate of drug-likeness (QED) is 0.899. The lowest BCUT2D eigenvalue weighted by molar-refractivity contribution is 0.272. The van der Waals surface area contributed by atoms with E-state index in [1.807, 2.05) is 20.0 Å². The SMILES string of the molecule is CNC(C)c1ccc(OCc2noc(C)n2)c(F)c1. The van der Waals surface area contributed by atoms with Gasteiger partial charge < -0.3 is 14.6 Å². The summed E-state index contributed by atoms with van der Waals surface area (Å²) in [5.74, 6) is 0.621. The van der Waals surface area contributed by atoms with Crippen molar-refractivity contribution < 1.29 is 13.7 Å². The maximum absolute atomic E-state index is 13.8. The Morgan fingerprint density at radius 2 is 2.26 bits per heavy atom. The first-order valence-electron chi connectivity index (χ1n) is 5.99. The third kappa shape index (κ3) is 3.29. The molecule has 1 N–H and O–H groups in total. The molecule has 0 aliphatic rings. The van der Waals surface area contributed by atoms with Crippen LogP contribution in [0.4, 0.5) is 4.39 Å². The Hall–Kier alpha value is -1.95. The van der Waals surface area contributed by atoms with Gasteiger partial charge in [-0.2, -0.15) is 4.98 Å². The van der Waals surface area contributed by atoms with E-state index in [9.17, 15) is 4.39 Å². The van der Waals surface area contributed by atoms with Crippen molar-refractivity contribution >= 4 is 0 Å². The van der Waals surface area contributed by atoms with Gasteiger partial charge >= 0.3 is 0 Å². The smallest absolute Gasteiger partial charge is 0.223 e. The lowest BCUT2D eigenvalue weighted by Gasteiger charge is -2.12. The first-order valence-corrected chi connectivity index (χ1v) is 5.99. The van der Waals surface area contributed by atoms with Crippen molar-refractivity contribution in [3.63, 3.8) is 0 Å². The predicted molar refractivity (Wildman–Crippen MR) is 67.2 cm³/mol. The van der Waals surface area contributed by atoms with E-state index in [0.717, 1.165) is 5.56 Å². The zero-order valence-electron chi connectivity index (χ0n) is 11.1. The molecule has 0 bridgehead atoms. The lowest BCUT2D eigenvalue weighted by Crippen LogP contribution is -2.12. The largest absolute Gasteiger partial charge is 0.482 e. The number of aryl methyl sites for hydroxylation is 1. The van der Waals surface area contributed by atoms with E-state index in [1.165, 1.54) is 6.07 Å². The Morgan fingerprint density at radius 1 is 1.47 bits per heavy atom. The fraction of sp³-hybridized carbons (Fsp3) is 0.385. The number of hydrogen-bond donors (Lipinski definition) is 1. The molecule has 0 radical (unpaired) electrons. The van der Waals surface area contributed by atoms with Crippen molar-refractivity contribution in [2.45, 2.75) is 26.5 Å². The minimum absolute atomic E-state index is 0.0786. The summed E-state index contributed by atoms with van der Waals surface area (Å²) in [5, 5.41) is 6.72. The average Bonchev–Trinajstić information content (AvgIpc) is 2.82. The molecule has 6 heteroatoms. The van der Waals surface area contributed by atoms with E-state index in [4.69, 9.17) is 9.26 Å². The van der Waals surface area contributed by atoms with Crippen LogP contribution in [0.2, 0.25) is 0 Å². The molecule has 0 spiro atoms. The average molecular weight is 265 g/mol. The molecule has 102 valence electrons. The highest BCUT2D eigenvalue weighted by Gasteiger charge is 2.10. The van der Waals surface area contributed by atoms with E-state index < -0.39 is 5.82 Å². The van der Waals surface area contributed by atoms with Crippen LogP contribution in [0.1, 0.15) is 30.2 Å². The van der Waals surface area contributed by atoms with Crippen LogP contribution in [0.3, 0.4) is 0 Å². The molecular weight excluding hydrogens is 249 g/mol. The Kier molecular flexibility index (Phi) is 4.11. The van der Waals surface area contributed by atoms with Crippen molar-refractivity contribution in [2.75, 3.05) is 7.05 Å². The van der Waals surface area contributed by atoms with Gasteiger partial charge in [0.15, 0.2) is 18.2 Å². The summed E-state index contributed by atoms with van der Waals surface area (Å²) in [7, 11) is 1.82. The Bertz CT molecular complexity index is 557. The maximum atomic E-state index is 13.8. The molecule has 0 aliphatic carbocycles. The van der Waals surface area contributed by atoms with Crippen molar-refractivity contribution in [3.8, 4) is 5.75 Å². The summed E-state index contributed by atoms with van der Waals surface area (Å²) in [6.45, 7) is 3.72. The molecule has 1 atom stereocenters. The summed E-state index contributed by atoms with van der Waals surface area (Å²) < 4.78 is 24.0. The fourth-order valence-corrected chi connectivity index (χ4v) is 1.61.